The number of nitrogens with one attached hydrogen (secondary N) is 1. The number of halogens is 2. The van der Waals surface area contributed by atoms with E-state index in [-0.39, 0.29) is 21.9 Å². The number of anilines is 1. The molecule has 0 saturated heterocycles. The fraction of sp³-hybridized carbons (Fsp3) is 0.188. The molecule has 0 aromatic heterocycles. The second-order valence-electron chi connectivity index (χ2n) is 4.92. The van der Waals surface area contributed by atoms with Crippen LogP contribution in [0.1, 0.15) is 17.3 Å². The lowest BCUT2D eigenvalue weighted by Gasteiger charge is -2.13. The standard InChI is InChI=1S/C16H15ClFNO4S/c1-3-23-15-12(17)5-4-6-14(15)19-16(20)11-9-10(24(2,21)22)7-8-13(11)18/h4-9H,3H2,1-2H3,(H,19,20). The Labute approximate surface area is 144 Å². The summed E-state index contributed by atoms with van der Waals surface area (Å²) in [6, 6.07) is 7.77. The minimum absolute atomic E-state index is 0.148. The van der Waals surface area contributed by atoms with Crippen molar-refractivity contribution in [1.82, 2.24) is 0 Å². The molecular formula is C16H15ClFNO4S. The maximum absolute atomic E-state index is 13.9. The van der Waals surface area contributed by atoms with Crippen molar-refractivity contribution in [3.8, 4) is 5.75 Å². The highest BCUT2D eigenvalue weighted by Gasteiger charge is 2.18. The van der Waals surface area contributed by atoms with E-state index in [1.807, 2.05) is 0 Å². The van der Waals surface area contributed by atoms with Gasteiger partial charge in [0, 0.05) is 6.26 Å². The van der Waals surface area contributed by atoms with Gasteiger partial charge in [-0.1, -0.05) is 17.7 Å². The number of carbonyl (C=O) groups is 1. The summed E-state index contributed by atoms with van der Waals surface area (Å²) in [6.07, 6.45) is 0.978. The van der Waals surface area contributed by atoms with Gasteiger partial charge in [-0.25, -0.2) is 12.8 Å². The van der Waals surface area contributed by atoms with Crippen molar-refractivity contribution < 1.29 is 22.3 Å². The van der Waals surface area contributed by atoms with Crippen molar-refractivity contribution >= 4 is 33.0 Å². The number of rotatable bonds is 5. The molecule has 8 heteroatoms. The number of para-hydroxylation sites is 1. The van der Waals surface area contributed by atoms with E-state index >= 15 is 0 Å². The van der Waals surface area contributed by atoms with Gasteiger partial charge in [-0.2, -0.15) is 0 Å². The first-order chi connectivity index (χ1) is 11.2. The summed E-state index contributed by atoms with van der Waals surface area (Å²) in [5.41, 5.74) is -0.126. The maximum Gasteiger partial charge on any atom is 0.258 e. The molecule has 0 heterocycles. The number of benzene rings is 2. The van der Waals surface area contributed by atoms with Crippen LogP contribution >= 0.6 is 11.6 Å². The molecule has 0 saturated carbocycles. The Morgan fingerprint density at radius 2 is 2.00 bits per heavy atom. The van der Waals surface area contributed by atoms with E-state index in [1.54, 1.807) is 25.1 Å². The predicted molar refractivity (Wildman–Crippen MR) is 90.1 cm³/mol. The van der Waals surface area contributed by atoms with Gasteiger partial charge >= 0.3 is 0 Å². The van der Waals surface area contributed by atoms with E-state index in [1.165, 1.54) is 0 Å². The Morgan fingerprint density at radius 1 is 1.29 bits per heavy atom. The molecule has 0 aliphatic heterocycles. The molecule has 2 aromatic carbocycles. The Bertz CT molecular complexity index is 884. The lowest BCUT2D eigenvalue weighted by molar-refractivity contribution is 0.102. The van der Waals surface area contributed by atoms with Crippen LogP contribution in [0.15, 0.2) is 41.3 Å². The molecule has 2 aromatic rings. The smallest absolute Gasteiger partial charge is 0.258 e. The van der Waals surface area contributed by atoms with Crippen molar-refractivity contribution in [3.05, 3.63) is 52.8 Å². The van der Waals surface area contributed by atoms with Crippen LogP contribution in [0.3, 0.4) is 0 Å². The molecule has 128 valence electrons. The quantitative estimate of drug-likeness (QED) is 0.816. The molecule has 0 radical (unpaired) electrons. The van der Waals surface area contributed by atoms with Gasteiger partial charge < -0.3 is 10.1 Å². The van der Waals surface area contributed by atoms with Crippen molar-refractivity contribution in [1.29, 1.82) is 0 Å². The molecule has 0 spiro atoms. The molecule has 0 aliphatic rings. The molecule has 5 nitrogen and oxygen atoms in total. The molecule has 0 fully saturated rings. The number of hydrogen-bond donors (Lipinski definition) is 1. The number of carbonyl (C=O) groups excluding carboxylic acids is 1. The summed E-state index contributed by atoms with van der Waals surface area (Å²) in [5, 5.41) is 2.78. The van der Waals surface area contributed by atoms with E-state index in [9.17, 15) is 17.6 Å². The lowest BCUT2D eigenvalue weighted by atomic mass is 10.2. The highest BCUT2D eigenvalue weighted by Crippen LogP contribution is 2.33. The summed E-state index contributed by atoms with van der Waals surface area (Å²) in [6.45, 7) is 2.08. The van der Waals surface area contributed by atoms with Gasteiger partial charge in [-0.15, -0.1) is 0 Å². The van der Waals surface area contributed by atoms with Gasteiger partial charge in [-0.3, -0.25) is 4.79 Å². The van der Waals surface area contributed by atoms with Crippen LogP contribution in [0.2, 0.25) is 5.02 Å². The molecule has 2 rings (SSSR count). The first-order valence-electron chi connectivity index (χ1n) is 6.96. The molecule has 1 amide bonds. The van der Waals surface area contributed by atoms with Crippen LogP contribution in [0, 0.1) is 5.82 Å². The maximum atomic E-state index is 13.9. The van der Waals surface area contributed by atoms with Crippen LogP contribution in [0.5, 0.6) is 5.75 Å². The average Bonchev–Trinajstić information content (AvgIpc) is 2.50. The molecule has 1 N–H and O–H groups in total. The van der Waals surface area contributed by atoms with E-state index in [0.29, 0.717) is 11.6 Å². The number of amides is 1. The Morgan fingerprint density at radius 3 is 2.62 bits per heavy atom. The highest BCUT2D eigenvalue weighted by molar-refractivity contribution is 7.90. The fourth-order valence-corrected chi connectivity index (χ4v) is 2.87. The fourth-order valence-electron chi connectivity index (χ4n) is 2.00. The Balaban J connectivity index is 2.40. The van der Waals surface area contributed by atoms with Gasteiger partial charge in [0.1, 0.15) is 5.82 Å². The third-order valence-electron chi connectivity index (χ3n) is 3.11. The molecule has 0 atom stereocenters. The molecule has 0 bridgehead atoms. The minimum atomic E-state index is -3.56. The largest absolute Gasteiger partial charge is 0.490 e. The lowest BCUT2D eigenvalue weighted by Crippen LogP contribution is -2.15. The molecular weight excluding hydrogens is 357 g/mol. The van der Waals surface area contributed by atoms with E-state index < -0.39 is 21.6 Å². The van der Waals surface area contributed by atoms with Crippen LogP contribution in [-0.2, 0) is 9.84 Å². The van der Waals surface area contributed by atoms with Crippen molar-refractivity contribution in [2.45, 2.75) is 11.8 Å². The second kappa shape index (κ2) is 7.19. The summed E-state index contributed by atoms with van der Waals surface area (Å²) in [7, 11) is -3.56. The van der Waals surface area contributed by atoms with Gasteiger partial charge in [0.2, 0.25) is 0 Å². The van der Waals surface area contributed by atoms with Crippen LogP contribution < -0.4 is 10.1 Å². The summed E-state index contributed by atoms with van der Waals surface area (Å²) in [4.78, 5) is 12.2. The van der Waals surface area contributed by atoms with Crippen molar-refractivity contribution in [2.24, 2.45) is 0 Å². The Kier molecular flexibility index (Phi) is 5.46. The van der Waals surface area contributed by atoms with Crippen molar-refractivity contribution in [2.75, 3.05) is 18.2 Å². The van der Waals surface area contributed by atoms with Crippen molar-refractivity contribution in [3.63, 3.8) is 0 Å². The topological polar surface area (TPSA) is 72.5 Å². The van der Waals surface area contributed by atoms with E-state index in [2.05, 4.69) is 5.32 Å². The first-order valence-corrected chi connectivity index (χ1v) is 9.23. The molecule has 0 unspecified atom stereocenters. The normalized spacial score (nSPS) is 11.2. The zero-order valence-electron chi connectivity index (χ0n) is 13.0. The zero-order chi connectivity index (χ0) is 17.9. The highest BCUT2D eigenvalue weighted by atomic mass is 35.5. The summed E-state index contributed by atoms with van der Waals surface area (Å²) < 4.78 is 42.4. The number of sulfone groups is 1. The third kappa shape index (κ3) is 4.04. The summed E-state index contributed by atoms with van der Waals surface area (Å²) >= 11 is 6.02. The first kappa shape index (κ1) is 18.2. The molecule has 0 aliphatic carbocycles. The van der Waals surface area contributed by atoms with E-state index in [0.717, 1.165) is 24.5 Å². The van der Waals surface area contributed by atoms with Crippen LogP contribution in [0.4, 0.5) is 10.1 Å². The zero-order valence-corrected chi connectivity index (χ0v) is 14.5. The monoisotopic (exact) mass is 371 g/mol. The predicted octanol–water partition coefficient (Wildman–Crippen LogP) is 3.53. The number of hydrogen-bond acceptors (Lipinski definition) is 4. The van der Waals surface area contributed by atoms with E-state index in [4.69, 9.17) is 16.3 Å². The second-order valence-corrected chi connectivity index (χ2v) is 7.34. The average molecular weight is 372 g/mol. The Hall–Kier alpha value is -2.12. The SMILES string of the molecule is CCOc1c(Cl)cccc1NC(=O)c1cc(S(C)(=O)=O)ccc1F. The third-order valence-corrected chi connectivity index (χ3v) is 4.52. The van der Waals surface area contributed by atoms with Gasteiger partial charge in [0.25, 0.3) is 5.91 Å². The van der Waals surface area contributed by atoms with Gasteiger partial charge in [0.15, 0.2) is 15.6 Å². The van der Waals surface area contributed by atoms with Crippen LogP contribution in [0.25, 0.3) is 0 Å². The number of ether oxygens (including phenoxy) is 1. The summed E-state index contributed by atoms with van der Waals surface area (Å²) in [5.74, 6) is -1.38. The molecule has 24 heavy (non-hydrogen) atoms. The van der Waals surface area contributed by atoms with Gasteiger partial charge in [0.05, 0.1) is 27.8 Å². The van der Waals surface area contributed by atoms with Crippen LogP contribution in [-0.4, -0.2) is 27.2 Å². The minimum Gasteiger partial charge on any atom is -0.490 e. The van der Waals surface area contributed by atoms with Gasteiger partial charge in [-0.05, 0) is 37.3 Å².